The summed E-state index contributed by atoms with van der Waals surface area (Å²) >= 11 is 0. The molecule has 0 fully saturated rings. The van der Waals surface area contributed by atoms with Crippen molar-refractivity contribution in [3.8, 4) is 50.5 Å². The molecule has 1 heterocycles. The molecule has 9 aromatic carbocycles. The summed E-state index contributed by atoms with van der Waals surface area (Å²) in [5, 5.41) is 5.15. The van der Waals surface area contributed by atoms with Gasteiger partial charge >= 0.3 is 0 Å². The summed E-state index contributed by atoms with van der Waals surface area (Å²) in [5.41, 5.74) is 17.1. The lowest BCUT2D eigenvalue weighted by molar-refractivity contribution is 0.809. The number of imidazole rings is 1. The van der Waals surface area contributed by atoms with E-state index in [1.807, 2.05) is 0 Å². The van der Waals surface area contributed by atoms with E-state index in [0.29, 0.717) is 0 Å². The third-order valence-electron chi connectivity index (χ3n) is 12.0. The van der Waals surface area contributed by atoms with Gasteiger partial charge in [0.2, 0.25) is 0 Å². The fourth-order valence-electron chi connectivity index (χ4n) is 9.81. The second-order valence-corrected chi connectivity index (χ2v) is 14.6. The van der Waals surface area contributed by atoms with Gasteiger partial charge in [-0.1, -0.05) is 164 Å². The number of fused-ring (bicyclic) bond motifs is 15. The third-order valence-corrected chi connectivity index (χ3v) is 12.0. The number of hydrogen-bond donors (Lipinski definition) is 0. The molecule has 12 rings (SSSR count). The van der Waals surface area contributed by atoms with Gasteiger partial charge in [0.1, 0.15) is 5.82 Å². The fourth-order valence-corrected chi connectivity index (χ4v) is 9.81. The van der Waals surface area contributed by atoms with Crippen LogP contribution in [0.5, 0.6) is 0 Å². The van der Waals surface area contributed by atoms with Crippen molar-refractivity contribution in [3.05, 3.63) is 216 Å². The molecule has 0 bridgehead atoms. The van der Waals surface area contributed by atoms with Crippen LogP contribution < -0.4 is 0 Å². The van der Waals surface area contributed by atoms with Crippen LogP contribution in [0.4, 0.5) is 0 Å². The monoisotopic (exact) mass is 684 g/mol. The van der Waals surface area contributed by atoms with Crippen LogP contribution in [0.2, 0.25) is 0 Å². The fraction of sp³-hybridized carbons (Fsp3) is 0.0192. The summed E-state index contributed by atoms with van der Waals surface area (Å²) in [7, 11) is 0. The Morgan fingerprint density at radius 1 is 0.389 bits per heavy atom. The maximum absolute atomic E-state index is 5.10. The summed E-state index contributed by atoms with van der Waals surface area (Å²) in [4.78, 5) is 5.10. The van der Waals surface area contributed by atoms with Gasteiger partial charge in [0.15, 0.2) is 0 Å². The molecule has 1 aromatic heterocycles. The highest BCUT2D eigenvalue weighted by molar-refractivity contribution is 6.09. The lowest BCUT2D eigenvalue weighted by Crippen LogP contribution is -2.26. The Morgan fingerprint density at radius 3 is 1.72 bits per heavy atom. The first kappa shape index (κ1) is 29.5. The first-order chi connectivity index (χ1) is 26.8. The topological polar surface area (TPSA) is 17.8 Å². The third kappa shape index (κ3) is 3.87. The minimum Gasteiger partial charge on any atom is -0.292 e. The van der Waals surface area contributed by atoms with Gasteiger partial charge in [-0.05, 0) is 108 Å². The quantitative estimate of drug-likeness (QED) is 0.181. The molecule has 0 aliphatic heterocycles. The maximum Gasteiger partial charge on any atom is 0.145 e. The van der Waals surface area contributed by atoms with E-state index >= 15 is 0 Å². The van der Waals surface area contributed by atoms with Crippen LogP contribution in [0.1, 0.15) is 22.3 Å². The van der Waals surface area contributed by atoms with E-state index in [9.17, 15) is 0 Å². The summed E-state index contributed by atoms with van der Waals surface area (Å²) in [6.07, 6.45) is 0. The Hall–Kier alpha value is -7.03. The normalized spacial score (nSPS) is 13.3. The van der Waals surface area contributed by atoms with Crippen molar-refractivity contribution in [2.45, 2.75) is 5.41 Å². The zero-order chi connectivity index (χ0) is 35.4. The van der Waals surface area contributed by atoms with Gasteiger partial charge in [-0.25, -0.2) is 4.98 Å². The SMILES string of the molecule is c1ccc(-n2c(-c3ccc(-c4ccc5c6c(ccc5c4)-c4ccc5ccccc5c4C64c5ccccc5-c5ccccc54)cc3)nc3ccccc32)cc1. The van der Waals surface area contributed by atoms with Crippen molar-refractivity contribution in [2.24, 2.45) is 0 Å². The zero-order valence-corrected chi connectivity index (χ0v) is 29.4. The Kier molecular flexibility index (Phi) is 6.01. The largest absolute Gasteiger partial charge is 0.292 e. The Labute approximate surface area is 313 Å². The molecule has 250 valence electrons. The Bertz CT molecular complexity index is 3100. The van der Waals surface area contributed by atoms with E-state index in [0.717, 1.165) is 28.1 Å². The second-order valence-electron chi connectivity index (χ2n) is 14.6. The van der Waals surface area contributed by atoms with Gasteiger partial charge in [0.05, 0.1) is 16.4 Å². The molecule has 0 saturated carbocycles. The molecule has 2 aliphatic rings. The Morgan fingerprint density at radius 2 is 0.963 bits per heavy atom. The molecule has 2 aliphatic carbocycles. The predicted octanol–water partition coefficient (Wildman–Crippen LogP) is 13.0. The number of para-hydroxylation sites is 3. The smallest absolute Gasteiger partial charge is 0.145 e. The number of nitrogens with zero attached hydrogens (tertiary/aromatic N) is 2. The van der Waals surface area contributed by atoms with E-state index in [1.54, 1.807) is 0 Å². The van der Waals surface area contributed by atoms with Crippen molar-refractivity contribution < 1.29 is 0 Å². The minimum absolute atomic E-state index is 0.425. The lowest BCUT2D eigenvalue weighted by atomic mass is 9.68. The summed E-state index contributed by atoms with van der Waals surface area (Å²) in [6, 6.07) is 71.4. The van der Waals surface area contributed by atoms with Crippen LogP contribution in [0, 0.1) is 0 Å². The van der Waals surface area contributed by atoms with E-state index in [-0.39, 0.29) is 0 Å². The maximum atomic E-state index is 5.10. The molecule has 0 saturated heterocycles. The van der Waals surface area contributed by atoms with E-state index in [2.05, 4.69) is 199 Å². The van der Waals surface area contributed by atoms with Crippen LogP contribution in [-0.2, 0) is 5.41 Å². The van der Waals surface area contributed by atoms with Gasteiger partial charge in [-0.2, -0.15) is 0 Å². The van der Waals surface area contributed by atoms with Crippen LogP contribution in [0.3, 0.4) is 0 Å². The summed E-state index contributed by atoms with van der Waals surface area (Å²) in [6.45, 7) is 0. The van der Waals surface area contributed by atoms with E-state index in [1.165, 1.54) is 77.2 Å². The van der Waals surface area contributed by atoms with E-state index < -0.39 is 5.41 Å². The molecular formula is C52H32N2. The van der Waals surface area contributed by atoms with Crippen molar-refractivity contribution >= 4 is 32.6 Å². The van der Waals surface area contributed by atoms with Gasteiger partial charge in [-0.3, -0.25) is 4.57 Å². The van der Waals surface area contributed by atoms with Crippen molar-refractivity contribution in [3.63, 3.8) is 0 Å². The van der Waals surface area contributed by atoms with Crippen LogP contribution in [0.15, 0.2) is 194 Å². The molecule has 10 aromatic rings. The molecular weight excluding hydrogens is 653 g/mol. The molecule has 0 unspecified atom stereocenters. The zero-order valence-electron chi connectivity index (χ0n) is 29.4. The van der Waals surface area contributed by atoms with Crippen molar-refractivity contribution in [1.82, 2.24) is 9.55 Å². The molecule has 0 atom stereocenters. The molecule has 1 spiro atoms. The lowest BCUT2D eigenvalue weighted by Gasteiger charge is -2.32. The first-order valence-electron chi connectivity index (χ1n) is 18.7. The molecule has 0 radical (unpaired) electrons. The number of benzene rings is 9. The minimum atomic E-state index is -0.425. The average molecular weight is 685 g/mol. The molecule has 0 amide bonds. The van der Waals surface area contributed by atoms with Crippen LogP contribution in [-0.4, -0.2) is 9.55 Å². The molecule has 54 heavy (non-hydrogen) atoms. The van der Waals surface area contributed by atoms with E-state index in [4.69, 9.17) is 4.98 Å². The summed E-state index contributed by atoms with van der Waals surface area (Å²) < 4.78 is 2.26. The van der Waals surface area contributed by atoms with Gasteiger partial charge in [-0.15, -0.1) is 0 Å². The van der Waals surface area contributed by atoms with Crippen LogP contribution >= 0.6 is 0 Å². The van der Waals surface area contributed by atoms with Gasteiger partial charge < -0.3 is 0 Å². The highest BCUT2D eigenvalue weighted by Gasteiger charge is 2.53. The molecule has 2 nitrogen and oxygen atoms in total. The van der Waals surface area contributed by atoms with Crippen molar-refractivity contribution in [1.29, 1.82) is 0 Å². The Balaban J connectivity index is 1.04. The van der Waals surface area contributed by atoms with Gasteiger partial charge in [0, 0.05) is 11.3 Å². The van der Waals surface area contributed by atoms with Crippen molar-refractivity contribution in [2.75, 3.05) is 0 Å². The van der Waals surface area contributed by atoms with Gasteiger partial charge in [0.25, 0.3) is 0 Å². The number of hydrogen-bond acceptors (Lipinski definition) is 1. The highest BCUT2D eigenvalue weighted by atomic mass is 15.1. The number of aromatic nitrogens is 2. The number of rotatable bonds is 3. The predicted molar refractivity (Wildman–Crippen MR) is 223 cm³/mol. The first-order valence-corrected chi connectivity index (χ1v) is 18.7. The highest BCUT2D eigenvalue weighted by Crippen LogP contribution is 2.65. The summed E-state index contributed by atoms with van der Waals surface area (Å²) in [5.74, 6) is 0.942. The molecule has 2 heteroatoms. The van der Waals surface area contributed by atoms with Crippen LogP contribution in [0.25, 0.3) is 83.0 Å². The molecule has 0 N–H and O–H groups in total. The standard InChI is InChI=1S/C52H32N2/c1-2-13-38(14-3-1)54-48-21-11-10-20-47(48)53-51(54)35-24-22-33(23-25-35)36-27-29-40-37(32-36)28-31-44-43-30-26-34-12-4-5-15-39(34)49(43)52(50(40)44)45-18-8-6-16-41(45)42-17-7-9-19-46(42)52/h1-32H. The average Bonchev–Trinajstić information content (AvgIpc) is 3.88. The second kappa shape index (κ2) is 11.0.